The van der Waals surface area contributed by atoms with Crippen LogP contribution in [0.15, 0.2) is 84.9 Å². The third-order valence-corrected chi connectivity index (χ3v) is 17.1. The summed E-state index contributed by atoms with van der Waals surface area (Å²) in [5.41, 5.74) is 7.81. The van der Waals surface area contributed by atoms with E-state index in [9.17, 15) is 14.4 Å². The predicted molar refractivity (Wildman–Crippen MR) is 274 cm³/mol. The maximum absolute atomic E-state index is 14.9. The van der Waals surface area contributed by atoms with Gasteiger partial charge in [0.1, 0.15) is 16.8 Å². The minimum Gasteiger partial charge on any atom is -0.459 e. The Morgan fingerprint density at radius 1 is 0.580 bits per heavy atom. The Kier molecular flexibility index (Phi) is 15.1. The summed E-state index contributed by atoms with van der Waals surface area (Å²) in [6, 6.07) is 28.8. The lowest BCUT2D eigenvalue weighted by Gasteiger charge is -2.43. The van der Waals surface area contributed by atoms with Gasteiger partial charge in [-0.3, -0.25) is 4.79 Å². The van der Waals surface area contributed by atoms with Crippen LogP contribution < -0.4 is 16.0 Å². The Balaban J connectivity index is 0.951. The smallest absolute Gasteiger partial charge is 0.339 e. The van der Waals surface area contributed by atoms with Crippen LogP contribution in [0.1, 0.15) is 152 Å². The molecule has 4 unspecified atom stereocenters. The highest BCUT2D eigenvalue weighted by Crippen LogP contribution is 2.44. The number of rotatable bonds is 14. The van der Waals surface area contributed by atoms with Gasteiger partial charge in [0, 0.05) is 24.2 Å². The molecule has 0 aromatic heterocycles. The SMILES string of the molecule is Cc1ccc(-c2ccccc2C(=O)OC(C)(C)C2CCNCC2)c(CC(C)(OC(=O)c2cccc3c2CCC(CC(C)(OC(=O)C2CCCc4ccccc42)C2CCNCC2)C3)C2CCNCC2)c1. The Morgan fingerprint density at radius 2 is 1.19 bits per heavy atom. The largest absolute Gasteiger partial charge is 0.459 e. The summed E-state index contributed by atoms with van der Waals surface area (Å²) < 4.78 is 20.2. The Labute approximate surface area is 411 Å². The van der Waals surface area contributed by atoms with Gasteiger partial charge in [0.2, 0.25) is 0 Å². The van der Waals surface area contributed by atoms with Crippen LogP contribution in [-0.4, -0.2) is 74.0 Å². The standard InChI is InChI=1S/C60H77N3O6/c1-40-20-22-50(51-16-8-9-17-54(51)55(64)67-58(2,3)45-24-30-61-31-25-45)44(36-40)39-60(5,47-28-34-63-35-29-47)69-57(66)53-19-11-14-43-37-41(21-23-49(43)53)38-59(4,46-26-32-62-33-27-46)68-56(65)52-18-10-13-42-12-6-7-15-48(42)52/h6-9,11-12,14-17,19-20,22,36,41,45-47,52,61-63H,10,13,18,21,23-35,37-39H2,1-5H3. The van der Waals surface area contributed by atoms with Gasteiger partial charge in [-0.1, -0.05) is 78.4 Å². The van der Waals surface area contributed by atoms with Gasteiger partial charge in [-0.25, -0.2) is 9.59 Å². The summed E-state index contributed by atoms with van der Waals surface area (Å²) in [5, 5.41) is 10.5. The molecule has 9 heteroatoms. The van der Waals surface area contributed by atoms with Crippen molar-refractivity contribution in [1.82, 2.24) is 16.0 Å². The van der Waals surface area contributed by atoms with Gasteiger partial charge in [0.15, 0.2) is 0 Å². The first-order valence-electron chi connectivity index (χ1n) is 26.5. The van der Waals surface area contributed by atoms with Gasteiger partial charge in [-0.05, 0) is 214 Å². The monoisotopic (exact) mass is 936 g/mol. The summed E-state index contributed by atoms with van der Waals surface area (Å²) in [7, 11) is 0. The Bertz CT molecular complexity index is 2460. The highest BCUT2D eigenvalue weighted by atomic mass is 16.6. The molecule has 0 bridgehead atoms. The molecule has 3 N–H and O–H groups in total. The van der Waals surface area contributed by atoms with Gasteiger partial charge in [0.05, 0.1) is 17.0 Å². The number of nitrogens with one attached hydrogen (secondary N) is 3. The summed E-state index contributed by atoms with van der Waals surface area (Å²) in [4.78, 5) is 43.3. The van der Waals surface area contributed by atoms with E-state index in [2.05, 4.69) is 79.2 Å². The van der Waals surface area contributed by atoms with E-state index in [-0.39, 0.29) is 41.6 Å². The molecule has 4 atom stereocenters. The Morgan fingerprint density at radius 3 is 1.91 bits per heavy atom. The third kappa shape index (κ3) is 11.1. The van der Waals surface area contributed by atoms with Crippen LogP contribution >= 0.6 is 0 Å². The van der Waals surface area contributed by atoms with E-state index >= 15 is 0 Å². The fourth-order valence-electron chi connectivity index (χ4n) is 13.1. The number of esters is 3. The van der Waals surface area contributed by atoms with Crippen LogP contribution in [0.4, 0.5) is 0 Å². The average Bonchev–Trinajstić information content (AvgIpc) is 3.36. The molecule has 9 rings (SSSR count). The lowest BCUT2D eigenvalue weighted by atomic mass is 9.71. The van der Waals surface area contributed by atoms with Crippen molar-refractivity contribution in [2.45, 2.75) is 147 Å². The predicted octanol–water partition coefficient (Wildman–Crippen LogP) is 10.7. The Hall–Kier alpha value is -4.83. The number of fused-ring (bicyclic) bond motifs is 2. The normalized spacial score (nSPS) is 22.3. The molecule has 4 aromatic carbocycles. The number of aryl methyl sites for hydroxylation is 2. The number of carbonyl (C=O) groups is 3. The molecule has 0 saturated carbocycles. The van der Waals surface area contributed by atoms with Crippen LogP contribution in [0.25, 0.3) is 11.1 Å². The highest BCUT2D eigenvalue weighted by Gasteiger charge is 2.45. The zero-order valence-electron chi connectivity index (χ0n) is 42.1. The molecule has 4 aromatic rings. The van der Waals surface area contributed by atoms with Crippen LogP contribution in [0.3, 0.4) is 0 Å². The number of benzene rings is 4. The molecule has 2 aliphatic carbocycles. The van der Waals surface area contributed by atoms with Gasteiger partial charge < -0.3 is 30.2 Å². The molecule has 0 radical (unpaired) electrons. The van der Waals surface area contributed by atoms with Crippen molar-refractivity contribution in [1.29, 1.82) is 0 Å². The topological polar surface area (TPSA) is 115 Å². The van der Waals surface area contributed by atoms with E-state index in [1.54, 1.807) is 0 Å². The van der Waals surface area contributed by atoms with Gasteiger partial charge in [0.25, 0.3) is 0 Å². The lowest BCUT2D eigenvalue weighted by molar-refractivity contribution is -0.170. The maximum Gasteiger partial charge on any atom is 0.339 e. The zero-order chi connectivity index (χ0) is 48.2. The molecule has 0 spiro atoms. The van der Waals surface area contributed by atoms with Crippen LogP contribution in [0.5, 0.6) is 0 Å². The molecular weight excluding hydrogens is 859 g/mol. The van der Waals surface area contributed by atoms with Crippen LogP contribution in [-0.2, 0) is 44.7 Å². The quantitative estimate of drug-likeness (QED) is 0.0840. The number of ether oxygens (including phenoxy) is 3. The minimum absolute atomic E-state index is 0.0715. The second-order valence-corrected chi connectivity index (χ2v) is 22.3. The van der Waals surface area contributed by atoms with Gasteiger partial charge in [-0.2, -0.15) is 0 Å². The molecule has 0 amide bonds. The van der Waals surface area contributed by atoms with E-state index in [1.165, 1.54) is 11.1 Å². The van der Waals surface area contributed by atoms with Crippen molar-refractivity contribution in [2.75, 3.05) is 39.3 Å². The molecule has 3 aliphatic heterocycles. The molecule has 69 heavy (non-hydrogen) atoms. The maximum atomic E-state index is 14.9. The summed E-state index contributed by atoms with van der Waals surface area (Å²) >= 11 is 0. The minimum atomic E-state index is -0.826. The van der Waals surface area contributed by atoms with Crippen molar-refractivity contribution >= 4 is 17.9 Å². The number of carbonyl (C=O) groups excluding carboxylic acids is 3. The molecule has 5 aliphatic rings. The van der Waals surface area contributed by atoms with Crippen molar-refractivity contribution in [2.24, 2.45) is 23.7 Å². The second kappa shape index (κ2) is 21.3. The van der Waals surface area contributed by atoms with Crippen molar-refractivity contribution in [3.63, 3.8) is 0 Å². The van der Waals surface area contributed by atoms with E-state index in [0.717, 1.165) is 156 Å². The van der Waals surface area contributed by atoms with E-state index in [1.807, 2.05) is 56.3 Å². The average molecular weight is 936 g/mol. The molecule has 3 saturated heterocycles. The number of hydrogen-bond acceptors (Lipinski definition) is 9. The zero-order valence-corrected chi connectivity index (χ0v) is 42.1. The summed E-state index contributed by atoms with van der Waals surface area (Å²) in [6.45, 7) is 16.0. The molecular formula is C60H77N3O6. The summed E-state index contributed by atoms with van der Waals surface area (Å²) in [5.74, 6) is 0.128. The first-order chi connectivity index (χ1) is 33.3. The fraction of sp³-hybridized carbons (Fsp3) is 0.550. The first kappa shape index (κ1) is 49.2. The summed E-state index contributed by atoms with van der Waals surface area (Å²) in [6.07, 6.45) is 12.4. The van der Waals surface area contributed by atoms with E-state index < -0.39 is 16.8 Å². The lowest BCUT2D eigenvalue weighted by Crippen LogP contribution is -2.47. The first-order valence-corrected chi connectivity index (χ1v) is 26.5. The van der Waals surface area contributed by atoms with E-state index in [0.29, 0.717) is 23.5 Å². The molecule has 9 nitrogen and oxygen atoms in total. The van der Waals surface area contributed by atoms with Crippen molar-refractivity contribution < 1.29 is 28.6 Å². The second-order valence-electron chi connectivity index (χ2n) is 22.3. The number of piperidine rings is 3. The number of hydrogen-bond donors (Lipinski definition) is 3. The van der Waals surface area contributed by atoms with Crippen molar-refractivity contribution in [3.05, 3.63) is 129 Å². The van der Waals surface area contributed by atoms with Crippen molar-refractivity contribution in [3.8, 4) is 11.1 Å². The molecule has 368 valence electrons. The molecule has 3 fully saturated rings. The van der Waals surface area contributed by atoms with Gasteiger partial charge in [-0.15, -0.1) is 0 Å². The molecule has 3 heterocycles. The van der Waals surface area contributed by atoms with Crippen LogP contribution in [0.2, 0.25) is 0 Å². The van der Waals surface area contributed by atoms with E-state index in [4.69, 9.17) is 14.2 Å². The highest BCUT2D eigenvalue weighted by molar-refractivity contribution is 5.98. The third-order valence-electron chi connectivity index (χ3n) is 17.1. The fourth-order valence-corrected chi connectivity index (χ4v) is 13.1. The van der Waals surface area contributed by atoms with Gasteiger partial charge >= 0.3 is 17.9 Å². The van der Waals surface area contributed by atoms with Crippen LogP contribution in [0, 0.1) is 30.6 Å².